The molecule has 1 rings (SSSR count). The van der Waals surface area contributed by atoms with Crippen molar-refractivity contribution >= 4 is 43.9 Å². The first-order valence-corrected chi connectivity index (χ1v) is 8.77. The minimum atomic E-state index is -3.52. The minimum Gasteiger partial charge on any atom is -0.462 e. The number of halogens is 1. The molecule has 1 aromatic heterocycles. The van der Waals surface area contributed by atoms with Gasteiger partial charge in [0.15, 0.2) is 0 Å². The standard InChI is InChI=1S/C11H16ClNO4S2/c1-3-17-11(14)9-4-5-18-10(9)13-19(15,16)7-8(2)6-12/h4-5,8,13H,3,6-7H2,1-2H3. The van der Waals surface area contributed by atoms with Gasteiger partial charge in [-0.1, -0.05) is 6.92 Å². The van der Waals surface area contributed by atoms with Gasteiger partial charge < -0.3 is 4.74 Å². The quantitative estimate of drug-likeness (QED) is 0.617. The molecule has 0 aliphatic rings. The average Bonchev–Trinajstić information content (AvgIpc) is 2.75. The molecule has 1 unspecified atom stereocenters. The first-order valence-electron chi connectivity index (χ1n) is 5.70. The molecule has 1 aromatic rings. The lowest BCUT2D eigenvalue weighted by Gasteiger charge is -2.11. The molecule has 1 heterocycles. The highest BCUT2D eigenvalue weighted by atomic mass is 35.5. The maximum atomic E-state index is 11.9. The largest absolute Gasteiger partial charge is 0.462 e. The van der Waals surface area contributed by atoms with Gasteiger partial charge in [0.2, 0.25) is 10.0 Å². The fraction of sp³-hybridized carbons (Fsp3) is 0.545. The predicted octanol–water partition coefficient (Wildman–Crippen LogP) is 2.54. The van der Waals surface area contributed by atoms with Crippen LogP contribution in [0.4, 0.5) is 5.00 Å². The van der Waals surface area contributed by atoms with Gasteiger partial charge >= 0.3 is 5.97 Å². The highest BCUT2D eigenvalue weighted by Crippen LogP contribution is 2.25. The van der Waals surface area contributed by atoms with Crippen LogP contribution in [0.3, 0.4) is 0 Å². The molecule has 0 saturated carbocycles. The summed E-state index contributed by atoms with van der Waals surface area (Å²) in [6.07, 6.45) is 0. The molecule has 1 N–H and O–H groups in total. The molecular formula is C11H16ClNO4S2. The van der Waals surface area contributed by atoms with Gasteiger partial charge in [-0.3, -0.25) is 4.72 Å². The normalized spacial score (nSPS) is 13.0. The molecule has 0 bridgehead atoms. The van der Waals surface area contributed by atoms with Gasteiger partial charge in [-0.25, -0.2) is 13.2 Å². The lowest BCUT2D eigenvalue weighted by molar-refractivity contribution is 0.0528. The molecular weight excluding hydrogens is 310 g/mol. The summed E-state index contributed by atoms with van der Waals surface area (Å²) >= 11 is 6.74. The van der Waals surface area contributed by atoms with Gasteiger partial charge in [-0.05, 0) is 24.3 Å². The van der Waals surface area contributed by atoms with Crippen molar-refractivity contribution in [1.82, 2.24) is 0 Å². The Labute approximate surface area is 122 Å². The molecule has 5 nitrogen and oxygen atoms in total. The second-order valence-electron chi connectivity index (χ2n) is 4.03. The van der Waals surface area contributed by atoms with Crippen molar-refractivity contribution in [1.29, 1.82) is 0 Å². The van der Waals surface area contributed by atoms with Crippen molar-refractivity contribution in [3.63, 3.8) is 0 Å². The average molecular weight is 326 g/mol. The van der Waals surface area contributed by atoms with E-state index in [1.54, 1.807) is 19.2 Å². The maximum Gasteiger partial charge on any atom is 0.341 e. The van der Waals surface area contributed by atoms with Crippen molar-refractivity contribution in [3.8, 4) is 0 Å². The van der Waals surface area contributed by atoms with Crippen molar-refractivity contribution in [2.24, 2.45) is 5.92 Å². The number of carbonyl (C=O) groups is 1. The van der Waals surface area contributed by atoms with Gasteiger partial charge in [-0.2, -0.15) is 0 Å². The summed E-state index contributed by atoms with van der Waals surface area (Å²) in [4.78, 5) is 11.6. The molecule has 0 spiro atoms. The number of sulfonamides is 1. The number of carbonyl (C=O) groups excluding carboxylic acids is 1. The Kier molecular flexibility index (Phi) is 6.09. The predicted molar refractivity (Wildman–Crippen MR) is 77.6 cm³/mol. The smallest absolute Gasteiger partial charge is 0.341 e. The van der Waals surface area contributed by atoms with Crippen LogP contribution in [0, 0.1) is 5.92 Å². The molecule has 1 atom stereocenters. The third-order valence-corrected chi connectivity index (χ3v) is 5.18. The molecule has 108 valence electrons. The Balaban J connectivity index is 2.83. The van der Waals surface area contributed by atoms with E-state index in [0.717, 1.165) is 11.3 Å². The molecule has 0 aliphatic heterocycles. The van der Waals surface area contributed by atoms with E-state index in [-0.39, 0.29) is 34.7 Å². The van der Waals surface area contributed by atoms with Crippen LogP contribution in [0.2, 0.25) is 0 Å². The zero-order valence-electron chi connectivity index (χ0n) is 10.7. The van der Waals surface area contributed by atoms with E-state index in [9.17, 15) is 13.2 Å². The minimum absolute atomic E-state index is 0.0866. The molecule has 0 radical (unpaired) electrons. The van der Waals surface area contributed by atoms with Crippen molar-refractivity contribution < 1.29 is 17.9 Å². The summed E-state index contributed by atoms with van der Waals surface area (Å²) < 4.78 is 31.0. The van der Waals surface area contributed by atoms with Crippen LogP contribution >= 0.6 is 22.9 Å². The Hall–Kier alpha value is -0.790. The van der Waals surface area contributed by atoms with Gasteiger partial charge in [0.1, 0.15) is 5.00 Å². The first kappa shape index (κ1) is 16.3. The van der Waals surface area contributed by atoms with Crippen LogP contribution in [0.25, 0.3) is 0 Å². The van der Waals surface area contributed by atoms with E-state index in [1.165, 1.54) is 6.07 Å². The van der Waals surface area contributed by atoms with Crippen molar-refractivity contribution in [2.45, 2.75) is 13.8 Å². The number of alkyl halides is 1. The summed E-state index contributed by atoms with van der Waals surface area (Å²) in [7, 11) is -3.52. The second-order valence-corrected chi connectivity index (χ2v) is 7.02. The van der Waals surface area contributed by atoms with Crippen LogP contribution in [0.15, 0.2) is 11.4 Å². The molecule has 0 saturated heterocycles. The van der Waals surface area contributed by atoms with Crippen LogP contribution in [0.5, 0.6) is 0 Å². The molecule has 0 aromatic carbocycles. The molecule has 0 fully saturated rings. The topological polar surface area (TPSA) is 72.5 Å². The molecule has 19 heavy (non-hydrogen) atoms. The van der Waals surface area contributed by atoms with E-state index < -0.39 is 16.0 Å². The third kappa shape index (κ3) is 5.00. The number of ether oxygens (including phenoxy) is 1. The Morgan fingerprint density at radius 1 is 1.58 bits per heavy atom. The van der Waals surface area contributed by atoms with Crippen LogP contribution in [-0.4, -0.2) is 32.6 Å². The van der Waals surface area contributed by atoms with Gasteiger partial charge in [0.25, 0.3) is 0 Å². The zero-order chi connectivity index (χ0) is 14.5. The SMILES string of the molecule is CCOC(=O)c1ccsc1NS(=O)(=O)CC(C)CCl. The Morgan fingerprint density at radius 3 is 2.84 bits per heavy atom. The van der Waals surface area contributed by atoms with Gasteiger partial charge in [-0.15, -0.1) is 22.9 Å². The number of anilines is 1. The third-order valence-electron chi connectivity index (χ3n) is 2.18. The summed E-state index contributed by atoms with van der Waals surface area (Å²) in [5, 5.41) is 1.91. The first-order chi connectivity index (χ1) is 8.89. The Bertz CT molecular complexity index is 527. The van der Waals surface area contributed by atoms with E-state index in [0.29, 0.717) is 0 Å². The van der Waals surface area contributed by atoms with Crippen LogP contribution in [0.1, 0.15) is 24.2 Å². The number of hydrogen-bond acceptors (Lipinski definition) is 5. The van der Waals surface area contributed by atoms with E-state index >= 15 is 0 Å². The summed E-state index contributed by atoms with van der Waals surface area (Å²) in [6.45, 7) is 3.67. The van der Waals surface area contributed by atoms with E-state index in [4.69, 9.17) is 16.3 Å². The number of nitrogens with one attached hydrogen (secondary N) is 1. The van der Waals surface area contributed by atoms with Crippen LogP contribution < -0.4 is 4.72 Å². The molecule has 8 heteroatoms. The highest BCUT2D eigenvalue weighted by Gasteiger charge is 2.20. The van der Waals surface area contributed by atoms with Gasteiger partial charge in [0, 0.05) is 5.88 Å². The second kappa shape index (κ2) is 7.12. The van der Waals surface area contributed by atoms with Crippen molar-refractivity contribution in [3.05, 3.63) is 17.0 Å². The monoisotopic (exact) mass is 325 g/mol. The van der Waals surface area contributed by atoms with E-state index in [1.807, 2.05) is 0 Å². The maximum absolute atomic E-state index is 11.9. The number of hydrogen-bond donors (Lipinski definition) is 1. The lowest BCUT2D eigenvalue weighted by atomic mass is 10.3. The summed E-state index contributed by atoms with van der Waals surface area (Å²) in [5.74, 6) is -0.524. The highest BCUT2D eigenvalue weighted by molar-refractivity contribution is 7.92. The molecule has 0 amide bonds. The molecule has 0 aliphatic carbocycles. The number of rotatable bonds is 7. The lowest BCUT2D eigenvalue weighted by Crippen LogP contribution is -2.22. The number of esters is 1. The Morgan fingerprint density at radius 2 is 2.26 bits per heavy atom. The fourth-order valence-corrected chi connectivity index (χ4v) is 4.13. The fourth-order valence-electron chi connectivity index (χ4n) is 1.36. The van der Waals surface area contributed by atoms with Crippen LogP contribution in [-0.2, 0) is 14.8 Å². The summed E-state index contributed by atoms with van der Waals surface area (Å²) in [5.41, 5.74) is 0.231. The van der Waals surface area contributed by atoms with Crippen molar-refractivity contribution in [2.75, 3.05) is 23.0 Å². The van der Waals surface area contributed by atoms with Gasteiger partial charge in [0.05, 0.1) is 17.9 Å². The summed E-state index contributed by atoms with van der Waals surface area (Å²) in [6, 6.07) is 1.53. The van der Waals surface area contributed by atoms with E-state index in [2.05, 4.69) is 4.72 Å². The zero-order valence-corrected chi connectivity index (χ0v) is 13.1. The number of thiophene rings is 1.